The highest BCUT2D eigenvalue weighted by Gasteiger charge is 2.34. The fourth-order valence-electron chi connectivity index (χ4n) is 8.77. The number of hydrogen-bond acceptors (Lipinski definition) is 12. The highest BCUT2D eigenvalue weighted by Crippen LogP contribution is 2.39. The number of benzene rings is 2. The number of nitrogens with zero attached hydrogens (tertiary/aromatic N) is 7. The normalized spacial score (nSPS) is 17.9. The van der Waals surface area contributed by atoms with E-state index in [9.17, 15) is 19.2 Å². The van der Waals surface area contributed by atoms with E-state index in [2.05, 4.69) is 68.4 Å². The van der Waals surface area contributed by atoms with E-state index in [1.165, 1.54) is 0 Å². The summed E-state index contributed by atoms with van der Waals surface area (Å²) in [5, 5.41) is 3.71. The van der Waals surface area contributed by atoms with Gasteiger partial charge in [-0.15, -0.1) is 0 Å². The van der Waals surface area contributed by atoms with Crippen molar-refractivity contribution in [2.45, 2.75) is 51.6 Å². The molecule has 3 aliphatic rings. The van der Waals surface area contributed by atoms with Gasteiger partial charge in [-0.05, 0) is 86.5 Å². The average molecular weight is 851 g/mol. The average Bonchev–Trinajstić information content (AvgIpc) is 3.29. The first kappa shape index (κ1) is 43.7. The Morgan fingerprint density at radius 3 is 2.30 bits per heavy atom. The van der Waals surface area contributed by atoms with Crippen molar-refractivity contribution in [3.8, 4) is 22.6 Å². The Labute approximate surface area is 363 Å². The molecule has 2 aromatic heterocycles. The first-order valence-corrected chi connectivity index (χ1v) is 21.6. The summed E-state index contributed by atoms with van der Waals surface area (Å²) in [5.41, 5.74) is 4.79. The number of methoxy groups -OCH3 is 2. The number of thiol groups is 1. The smallest absolute Gasteiger partial charge is 0.264 e. The standard InChI is InChI=1S/C46H58N8O6S/c1-7-31-9-10-33(25-34(31)46(58)54(61)39-11-12-43(55)48-44(39)56)53-17-14-30(15-18-53)13-16-51-19-21-52(22-20-51)29-38-40(59-5)23-32(24-41(38)60-6)37-28-50(4)45(57)36-27-47-42(26-35(36)37)49(3)8-2/h7,9-10,23-28,30,39,61H,1,8,11-22,29H2,2-6H3,(H,48,55,56). The lowest BCUT2D eigenvalue weighted by Gasteiger charge is -2.37. The minimum atomic E-state index is -0.819. The number of aryl methyl sites for hydroxylation is 1. The van der Waals surface area contributed by atoms with Crippen molar-refractivity contribution in [1.29, 1.82) is 0 Å². The highest BCUT2D eigenvalue weighted by atomic mass is 32.1. The number of fused-ring (bicyclic) bond motifs is 1. The number of rotatable bonds is 14. The third-order valence-electron chi connectivity index (χ3n) is 12.7. The van der Waals surface area contributed by atoms with Crippen LogP contribution in [0, 0.1) is 5.92 Å². The van der Waals surface area contributed by atoms with Crippen LogP contribution in [-0.4, -0.2) is 121 Å². The molecular formula is C46H58N8O6S. The number of anilines is 2. The summed E-state index contributed by atoms with van der Waals surface area (Å²) in [5.74, 6) is 1.69. The van der Waals surface area contributed by atoms with Crippen LogP contribution in [0.3, 0.4) is 0 Å². The van der Waals surface area contributed by atoms with Crippen molar-refractivity contribution in [3.05, 3.63) is 82.4 Å². The number of nitrogens with one attached hydrogen (secondary N) is 1. The third-order valence-corrected chi connectivity index (χ3v) is 13.2. The number of carbonyl (C=O) groups excluding carboxylic acids is 3. The number of amides is 3. The molecule has 0 saturated carbocycles. The molecule has 0 spiro atoms. The van der Waals surface area contributed by atoms with Gasteiger partial charge in [-0.1, -0.05) is 31.5 Å². The molecule has 3 amide bonds. The molecular weight excluding hydrogens is 793 g/mol. The minimum Gasteiger partial charge on any atom is -0.496 e. The number of carbonyl (C=O) groups is 3. The molecule has 15 heteroatoms. The van der Waals surface area contributed by atoms with Crippen molar-refractivity contribution < 1.29 is 23.9 Å². The van der Waals surface area contributed by atoms with Gasteiger partial charge in [-0.3, -0.25) is 33.7 Å². The van der Waals surface area contributed by atoms with Gasteiger partial charge in [-0.2, -0.15) is 0 Å². The molecule has 324 valence electrons. The van der Waals surface area contributed by atoms with E-state index in [1.807, 2.05) is 37.5 Å². The van der Waals surface area contributed by atoms with E-state index >= 15 is 0 Å². The van der Waals surface area contributed by atoms with E-state index in [1.54, 1.807) is 38.1 Å². The van der Waals surface area contributed by atoms with Crippen LogP contribution in [0.2, 0.25) is 0 Å². The Bertz CT molecular complexity index is 2330. The number of pyridine rings is 2. The Morgan fingerprint density at radius 1 is 0.967 bits per heavy atom. The molecule has 7 rings (SSSR count). The molecule has 2 aromatic carbocycles. The van der Waals surface area contributed by atoms with Gasteiger partial charge in [0.2, 0.25) is 11.8 Å². The van der Waals surface area contributed by atoms with Crippen LogP contribution in [0.25, 0.3) is 28.0 Å². The van der Waals surface area contributed by atoms with Gasteiger partial charge >= 0.3 is 0 Å². The van der Waals surface area contributed by atoms with E-state index in [0.717, 1.165) is 121 Å². The van der Waals surface area contributed by atoms with Gasteiger partial charge in [0.1, 0.15) is 23.4 Å². The zero-order chi connectivity index (χ0) is 43.4. The second-order valence-electron chi connectivity index (χ2n) is 16.3. The predicted octanol–water partition coefficient (Wildman–Crippen LogP) is 5.23. The highest BCUT2D eigenvalue weighted by molar-refractivity contribution is 7.78. The largest absolute Gasteiger partial charge is 0.496 e. The zero-order valence-corrected chi connectivity index (χ0v) is 36.9. The number of aromatic nitrogens is 2. The van der Waals surface area contributed by atoms with Crippen LogP contribution in [-0.2, 0) is 23.2 Å². The van der Waals surface area contributed by atoms with E-state index in [4.69, 9.17) is 9.47 Å². The number of piperidine rings is 2. The molecule has 0 radical (unpaired) electrons. The van der Waals surface area contributed by atoms with Gasteiger partial charge in [-0.25, -0.2) is 4.98 Å². The van der Waals surface area contributed by atoms with E-state index in [-0.39, 0.29) is 30.2 Å². The van der Waals surface area contributed by atoms with Crippen LogP contribution in [0.15, 0.2) is 60.2 Å². The second-order valence-corrected chi connectivity index (χ2v) is 16.8. The molecule has 61 heavy (non-hydrogen) atoms. The maximum Gasteiger partial charge on any atom is 0.264 e. The summed E-state index contributed by atoms with van der Waals surface area (Å²) in [4.78, 5) is 64.8. The molecule has 4 aromatic rings. The van der Waals surface area contributed by atoms with Gasteiger partial charge in [0.15, 0.2) is 0 Å². The van der Waals surface area contributed by atoms with E-state index < -0.39 is 11.9 Å². The van der Waals surface area contributed by atoms with Crippen molar-refractivity contribution in [3.63, 3.8) is 0 Å². The molecule has 1 atom stereocenters. The summed E-state index contributed by atoms with van der Waals surface area (Å²) in [7, 11) is 7.14. The summed E-state index contributed by atoms with van der Waals surface area (Å²) >= 11 is 4.41. The summed E-state index contributed by atoms with van der Waals surface area (Å²) < 4.78 is 14.8. The van der Waals surface area contributed by atoms with Crippen molar-refractivity contribution in [2.24, 2.45) is 13.0 Å². The molecule has 0 aliphatic carbocycles. The summed E-state index contributed by atoms with van der Waals surface area (Å²) in [6, 6.07) is 11.1. The van der Waals surface area contributed by atoms with Crippen LogP contribution in [0.4, 0.5) is 11.5 Å². The quantitative estimate of drug-likeness (QED) is 0.128. The predicted molar refractivity (Wildman–Crippen MR) is 244 cm³/mol. The maximum absolute atomic E-state index is 13.6. The van der Waals surface area contributed by atoms with Crippen LogP contribution >= 0.6 is 12.8 Å². The lowest BCUT2D eigenvalue weighted by Crippen LogP contribution is -2.51. The number of piperazine rings is 1. The van der Waals surface area contributed by atoms with Crippen LogP contribution in [0.1, 0.15) is 60.5 Å². The summed E-state index contributed by atoms with van der Waals surface area (Å²) in [6.45, 7) is 14.2. The number of ether oxygens (including phenoxy) is 2. The number of hydrogen-bond donors (Lipinski definition) is 2. The van der Waals surface area contributed by atoms with Gasteiger partial charge in [0, 0.05) is 107 Å². The Kier molecular flexibility index (Phi) is 13.7. The topological polar surface area (TPSA) is 133 Å². The van der Waals surface area contributed by atoms with Crippen molar-refractivity contribution >= 4 is 58.9 Å². The summed E-state index contributed by atoms with van der Waals surface area (Å²) in [6.07, 6.45) is 8.88. The first-order chi connectivity index (χ1) is 29.4. The van der Waals surface area contributed by atoms with Crippen molar-refractivity contribution in [2.75, 3.05) is 83.4 Å². The molecule has 3 saturated heterocycles. The Balaban J connectivity index is 0.936. The second kappa shape index (κ2) is 19.1. The Hall–Kier alpha value is -5.38. The van der Waals surface area contributed by atoms with Gasteiger partial charge in [0.05, 0.1) is 25.2 Å². The molecule has 3 aliphatic heterocycles. The molecule has 3 fully saturated rings. The molecule has 1 unspecified atom stereocenters. The van der Waals surface area contributed by atoms with Crippen LogP contribution < -0.4 is 30.1 Å². The zero-order valence-electron chi connectivity index (χ0n) is 36.0. The Morgan fingerprint density at radius 2 is 1.66 bits per heavy atom. The van der Waals surface area contributed by atoms with Crippen molar-refractivity contribution in [1.82, 2.24) is 29.0 Å². The maximum atomic E-state index is 13.6. The van der Waals surface area contributed by atoms with Gasteiger partial charge in [0.25, 0.3) is 11.5 Å². The fraction of sp³-hybridized carbons (Fsp3) is 0.457. The first-order valence-electron chi connectivity index (χ1n) is 21.2. The molecule has 0 bridgehead atoms. The molecule has 14 nitrogen and oxygen atoms in total. The molecule has 5 heterocycles. The number of imide groups is 1. The minimum absolute atomic E-state index is 0.0922. The fourth-order valence-corrected chi connectivity index (χ4v) is 9.10. The van der Waals surface area contributed by atoms with E-state index in [0.29, 0.717) is 29.0 Å². The van der Waals surface area contributed by atoms with Gasteiger partial charge < -0.3 is 28.7 Å². The third kappa shape index (κ3) is 9.43. The monoisotopic (exact) mass is 850 g/mol. The SMILES string of the molecule is C=Cc1ccc(N2CCC(CCN3CCN(Cc4c(OC)cc(-c5cn(C)c(=O)c6cnc(N(C)CC)cc56)cc4OC)CC3)CC2)cc1C(=O)N(S)C1CCC(=O)NC1=O. The lowest BCUT2D eigenvalue weighted by atomic mass is 9.92. The van der Waals surface area contributed by atoms with Crippen LogP contribution in [0.5, 0.6) is 11.5 Å². The molecule has 1 N–H and O–H groups in total. The lowest BCUT2D eigenvalue weighted by molar-refractivity contribution is -0.135.